The zero-order valence-electron chi connectivity index (χ0n) is 14.3. The van der Waals surface area contributed by atoms with Crippen molar-refractivity contribution in [3.8, 4) is 5.75 Å². The minimum atomic E-state index is -0.634. The Hall–Kier alpha value is -3.01. The Morgan fingerprint density at radius 2 is 1.56 bits per heavy atom. The number of nitrogens with zero attached hydrogens (tertiary/aromatic N) is 2. The van der Waals surface area contributed by atoms with Gasteiger partial charge in [-0.2, -0.15) is 0 Å². The molecule has 2 heterocycles. The van der Waals surface area contributed by atoms with Crippen LogP contribution in [0.1, 0.15) is 18.5 Å². The van der Waals surface area contributed by atoms with Crippen LogP contribution in [0, 0.1) is 0 Å². The summed E-state index contributed by atoms with van der Waals surface area (Å²) < 4.78 is 7.24. The van der Waals surface area contributed by atoms with Crippen LogP contribution in [0.2, 0.25) is 0 Å². The van der Waals surface area contributed by atoms with Crippen LogP contribution in [0.15, 0.2) is 79.1 Å². The molecule has 2 aromatic carbocycles. The number of aromatic nitrogens is 1. The first-order chi connectivity index (χ1) is 12.2. The number of hydrogen-bond acceptors (Lipinski definition) is 2. The molecule has 25 heavy (non-hydrogen) atoms. The summed E-state index contributed by atoms with van der Waals surface area (Å²) in [4.78, 5) is 15.1. The van der Waals surface area contributed by atoms with Crippen LogP contribution in [0.3, 0.4) is 0 Å². The molecular formula is C21H20N2O2. The number of ether oxygens (including phenoxy) is 1. The molecule has 4 rings (SSSR count). The van der Waals surface area contributed by atoms with Crippen molar-refractivity contribution >= 4 is 11.6 Å². The Bertz CT molecular complexity index is 872. The van der Waals surface area contributed by atoms with E-state index in [0.717, 1.165) is 17.0 Å². The van der Waals surface area contributed by atoms with Gasteiger partial charge < -0.3 is 9.30 Å². The quantitative estimate of drug-likeness (QED) is 0.677. The first-order valence-electron chi connectivity index (χ1n) is 8.32. The summed E-state index contributed by atoms with van der Waals surface area (Å²) in [7, 11) is 1.64. The van der Waals surface area contributed by atoms with Gasteiger partial charge in [-0.05, 0) is 48.9 Å². The van der Waals surface area contributed by atoms with Crippen molar-refractivity contribution in [2.75, 3.05) is 12.0 Å². The van der Waals surface area contributed by atoms with E-state index < -0.39 is 5.54 Å². The van der Waals surface area contributed by atoms with Gasteiger partial charge in [0.25, 0.3) is 5.91 Å². The highest BCUT2D eigenvalue weighted by Gasteiger charge is 2.59. The van der Waals surface area contributed by atoms with Crippen LogP contribution in [-0.2, 0) is 10.3 Å². The SMILES string of the molecule is COc1ccc(N2C(=O)C(C)(n3cccc3)C2c2ccccc2)cc1. The van der Waals surface area contributed by atoms with Crippen molar-refractivity contribution in [1.82, 2.24) is 4.57 Å². The third-order valence-electron chi connectivity index (χ3n) is 5.05. The van der Waals surface area contributed by atoms with E-state index in [4.69, 9.17) is 4.74 Å². The molecule has 0 radical (unpaired) electrons. The molecule has 0 spiro atoms. The molecule has 0 N–H and O–H groups in total. The number of methoxy groups -OCH3 is 1. The van der Waals surface area contributed by atoms with Crippen molar-refractivity contribution in [2.24, 2.45) is 0 Å². The number of benzene rings is 2. The highest BCUT2D eigenvalue weighted by atomic mass is 16.5. The Kier molecular flexibility index (Phi) is 3.61. The summed E-state index contributed by atoms with van der Waals surface area (Å²) in [6, 6.07) is 21.7. The molecule has 1 aromatic heterocycles. The van der Waals surface area contributed by atoms with Crippen molar-refractivity contribution in [3.05, 3.63) is 84.7 Å². The third-order valence-corrected chi connectivity index (χ3v) is 5.05. The second kappa shape index (κ2) is 5.81. The van der Waals surface area contributed by atoms with Crippen LogP contribution >= 0.6 is 0 Å². The van der Waals surface area contributed by atoms with Crippen LogP contribution < -0.4 is 9.64 Å². The summed E-state index contributed by atoms with van der Waals surface area (Å²) in [6.07, 6.45) is 3.92. The smallest absolute Gasteiger partial charge is 0.256 e. The Morgan fingerprint density at radius 1 is 0.920 bits per heavy atom. The molecule has 4 nitrogen and oxygen atoms in total. The number of rotatable bonds is 4. The second-order valence-corrected chi connectivity index (χ2v) is 6.42. The molecule has 4 heteroatoms. The highest BCUT2D eigenvalue weighted by molar-refractivity contribution is 6.07. The van der Waals surface area contributed by atoms with E-state index in [1.165, 1.54) is 0 Å². The lowest BCUT2D eigenvalue weighted by Crippen LogP contribution is -2.67. The van der Waals surface area contributed by atoms with Crippen LogP contribution in [-0.4, -0.2) is 17.6 Å². The lowest BCUT2D eigenvalue weighted by Gasteiger charge is -2.55. The maximum Gasteiger partial charge on any atom is 0.256 e. The molecular weight excluding hydrogens is 312 g/mol. The normalized spacial score (nSPS) is 22.6. The minimum absolute atomic E-state index is 0.0676. The molecule has 126 valence electrons. The first-order valence-corrected chi connectivity index (χ1v) is 8.32. The van der Waals surface area contributed by atoms with Gasteiger partial charge in [0.15, 0.2) is 0 Å². The van der Waals surface area contributed by atoms with E-state index in [9.17, 15) is 4.79 Å². The number of amides is 1. The molecule has 0 saturated carbocycles. The number of anilines is 1. The molecule has 2 atom stereocenters. The lowest BCUT2D eigenvalue weighted by atomic mass is 9.75. The molecule has 1 saturated heterocycles. The predicted octanol–water partition coefficient (Wildman–Crippen LogP) is 4.00. The van der Waals surface area contributed by atoms with E-state index in [-0.39, 0.29) is 11.9 Å². The minimum Gasteiger partial charge on any atom is -0.497 e. The lowest BCUT2D eigenvalue weighted by molar-refractivity contribution is -0.137. The predicted molar refractivity (Wildman–Crippen MR) is 97.7 cm³/mol. The zero-order valence-corrected chi connectivity index (χ0v) is 14.3. The summed E-state index contributed by atoms with van der Waals surface area (Å²) >= 11 is 0. The van der Waals surface area contributed by atoms with Crippen molar-refractivity contribution in [1.29, 1.82) is 0 Å². The average Bonchev–Trinajstić information content (AvgIpc) is 3.21. The topological polar surface area (TPSA) is 34.5 Å². The van der Waals surface area contributed by atoms with E-state index in [0.29, 0.717) is 0 Å². The molecule has 3 aromatic rings. The fourth-order valence-corrected chi connectivity index (χ4v) is 3.68. The average molecular weight is 332 g/mol. The van der Waals surface area contributed by atoms with Gasteiger partial charge >= 0.3 is 0 Å². The zero-order chi connectivity index (χ0) is 17.4. The van der Waals surface area contributed by atoms with Gasteiger partial charge in [0.05, 0.1) is 13.2 Å². The maximum atomic E-state index is 13.2. The number of carbonyl (C=O) groups is 1. The summed E-state index contributed by atoms with van der Waals surface area (Å²) in [5.74, 6) is 0.865. The van der Waals surface area contributed by atoms with Gasteiger partial charge in [-0.3, -0.25) is 9.69 Å². The first kappa shape index (κ1) is 15.5. The molecule has 0 bridgehead atoms. The summed E-state index contributed by atoms with van der Waals surface area (Å²) in [6.45, 7) is 2.01. The van der Waals surface area contributed by atoms with Gasteiger partial charge in [-0.1, -0.05) is 30.3 Å². The van der Waals surface area contributed by atoms with Crippen molar-refractivity contribution < 1.29 is 9.53 Å². The van der Waals surface area contributed by atoms with Crippen molar-refractivity contribution in [3.63, 3.8) is 0 Å². The van der Waals surface area contributed by atoms with Crippen molar-refractivity contribution in [2.45, 2.75) is 18.5 Å². The largest absolute Gasteiger partial charge is 0.497 e. The monoisotopic (exact) mass is 332 g/mol. The van der Waals surface area contributed by atoms with E-state index >= 15 is 0 Å². The summed E-state index contributed by atoms with van der Waals surface area (Å²) in [5.41, 5.74) is 1.36. The fraction of sp³-hybridized carbons (Fsp3) is 0.190. The van der Waals surface area contributed by atoms with Gasteiger partial charge in [-0.15, -0.1) is 0 Å². The molecule has 1 aliphatic rings. The number of carbonyl (C=O) groups excluding carboxylic acids is 1. The van der Waals surface area contributed by atoms with E-state index in [1.54, 1.807) is 7.11 Å². The Balaban J connectivity index is 1.80. The van der Waals surface area contributed by atoms with Gasteiger partial charge in [0.2, 0.25) is 0 Å². The number of hydrogen-bond donors (Lipinski definition) is 0. The van der Waals surface area contributed by atoms with Gasteiger partial charge in [0, 0.05) is 18.1 Å². The molecule has 2 unspecified atom stereocenters. The van der Waals surface area contributed by atoms with Crippen LogP contribution in [0.5, 0.6) is 5.75 Å². The third kappa shape index (κ3) is 2.25. The van der Waals surface area contributed by atoms with Crippen LogP contribution in [0.25, 0.3) is 0 Å². The van der Waals surface area contributed by atoms with Crippen LogP contribution in [0.4, 0.5) is 5.69 Å². The van der Waals surface area contributed by atoms with Gasteiger partial charge in [-0.25, -0.2) is 0 Å². The Labute approximate surface area is 147 Å². The molecule has 0 aliphatic carbocycles. The van der Waals surface area contributed by atoms with E-state index in [2.05, 4.69) is 12.1 Å². The highest BCUT2D eigenvalue weighted by Crippen LogP contribution is 2.50. The van der Waals surface area contributed by atoms with Gasteiger partial charge in [0.1, 0.15) is 11.3 Å². The molecule has 1 fully saturated rings. The Morgan fingerprint density at radius 3 is 2.16 bits per heavy atom. The summed E-state index contributed by atoms with van der Waals surface area (Å²) in [5, 5.41) is 0. The van der Waals surface area contributed by atoms with E-state index in [1.807, 2.05) is 83.4 Å². The second-order valence-electron chi connectivity index (χ2n) is 6.42. The fourth-order valence-electron chi connectivity index (χ4n) is 3.68. The maximum absolute atomic E-state index is 13.2. The number of β-lactam (4-membered cyclic amide) rings is 1. The standard InChI is InChI=1S/C21H20N2O2/c1-21(22-14-6-7-15-22)19(16-8-4-3-5-9-16)23(20(21)24)17-10-12-18(25-2)13-11-17/h3-15,19H,1-2H3. The molecule has 1 aliphatic heterocycles. The molecule has 1 amide bonds.